The molecule has 1 aliphatic rings. The zero-order valence-electron chi connectivity index (χ0n) is 18.8. The number of aliphatic hydroxyl groups excluding tert-OH is 1. The van der Waals surface area contributed by atoms with Gasteiger partial charge in [-0.15, -0.1) is 0 Å². The number of nitrogens with one attached hydrogen (secondary N) is 1. The average molecular weight is 502 g/mol. The number of carbonyl (C=O) groups excluding carboxylic acids is 2. The van der Waals surface area contributed by atoms with Crippen molar-refractivity contribution in [3.05, 3.63) is 116 Å². The van der Waals surface area contributed by atoms with E-state index in [1.165, 1.54) is 35.2 Å². The van der Waals surface area contributed by atoms with Crippen molar-refractivity contribution < 1.29 is 19.6 Å². The maximum Gasteiger partial charge on any atom is 0.295 e. The Balaban J connectivity index is 1.62. The van der Waals surface area contributed by atoms with E-state index < -0.39 is 28.4 Å². The molecule has 0 unspecified atom stereocenters. The van der Waals surface area contributed by atoms with Crippen molar-refractivity contribution in [2.75, 3.05) is 6.54 Å². The van der Waals surface area contributed by atoms with Crippen LogP contribution in [0.25, 0.3) is 16.7 Å². The highest BCUT2D eigenvalue weighted by Gasteiger charge is 2.47. The Morgan fingerprint density at radius 2 is 1.72 bits per heavy atom. The molecule has 8 nitrogen and oxygen atoms in total. The summed E-state index contributed by atoms with van der Waals surface area (Å²) in [7, 11) is 0. The van der Waals surface area contributed by atoms with E-state index in [1.54, 1.807) is 18.2 Å². The summed E-state index contributed by atoms with van der Waals surface area (Å²) in [4.78, 5) is 42.2. The maximum absolute atomic E-state index is 13.2. The van der Waals surface area contributed by atoms with Crippen LogP contribution in [-0.2, 0) is 16.0 Å². The molecule has 0 spiro atoms. The number of para-hydroxylation sites is 2. The van der Waals surface area contributed by atoms with Gasteiger partial charge in [-0.3, -0.25) is 19.7 Å². The van der Waals surface area contributed by atoms with E-state index in [0.717, 1.165) is 16.5 Å². The van der Waals surface area contributed by atoms with E-state index in [0.29, 0.717) is 11.4 Å². The summed E-state index contributed by atoms with van der Waals surface area (Å²) in [6.45, 7) is 0.112. The molecular weight excluding hydrogens is 482 g/mol. The van der Waals surface area contributed by atoms with Gasteiger partial charge in [-0.25, -0.2) is 0 Å². The summed E-state index contributed by atoms with van der Waals surface area (Å²) in [5.74, 6) is -2.14. The molecule has 1 aromatic heterocycles. The zero-order valence-corrected chi connectivity index (χ0v) is 19.6. The minimum absolute atomic E-state index is 0.112. The number of aromatic nitrogens is 1. The van der Waals surface area contributed by atoms with Gasteiger partial charge in [-0.1, -0.05) is 41.9 Å². The molecule has 1 aliphatic heterocycles. The Kier molecular flexibility index (Phi) is 6.03. The van der Waals surface area contributed by atoms with Crippen LogP contribution in [0.3, 0.4) is 0 Å². The first-order valence-electron chi connectivity index (χ1n) is 11.2. The third-order valence-electron chi connectivity index (χ3n) is 6.38. The van der Waals surface area contributed by atoms with Crippen LogP contribution in [0.2, 0.25) is 5.02 Å². The third-order valence-corrected chi connectivity index (χ3v) is 6.63. The van der Waals surface area contributed by atoms with E-state index in [9.17, 15) is 24.8 Å². The number of nitrogens with zero attached hydrogens (tertiary/aromatic N) is 2. The number of H-pyrrole nitrogens is 1. The van der Waals surface area contributed by atoms with Crippen LogP contribution in [0.4, 0.5) is 5.69 Å². The van der Waals surface area contributed by atoms with E-state index >= 15 is 0 Å². The number of aliphatic hydroxyl groups is 1. The van der Waals surface area contributed by atoms with Crippen molar-refractivity contribution in [2.45, 2.75) is 12.5 Å². The molecule has 0 aliphatic carbocycles. The molecule has 1 atom stereocenters. The van der Waals surface area contributed by atoms with Crippen LogP contribution in [-0.4, -0.2) is 38.1 Å². The summed E-state index contributed by atoms with van der Waals surface area (Å²) in [5.41, 5.74) is 1.85. The molecule has 1 fully saturated rings. The van der Waals surface area contributed by atoms with Crippen LogP contribution < -0.4 is 0 Å². The van der Waals surface area contributed by atoms with Gasteiger partial charge in [0.05, 0.1) is 22.1 Å². The van der Waals surface area contributed by atoms with Gasteiger partial charge < -0.3 is 15.0 Å². The Bertz CT molecular complexity index is 1540. The summed E-state index contributed by atoms with van der Waals surface area (Å²) in [6, 6.07) is 18.6. The molecule has 1 saturated heterocycles. The number of nitro benzene ring substituents is 1. The zero-order chi connectivity index (χ0) is 25.4. The lowest BCUT2D eigenvalue weighted by molar-refractivity contribution is -0.385. The monoisotopic (exact) mass is 501 g/mol. The van der Waals surface area contributed by atoms with Gasteiger partial charge in [-0.2, -0.15) is 0 Å². The second-order valence-corrected chi connectivity index (χ2v) is 8.86. The normalized spacial score (nSPS) is 17.1. The number of aromatic amines is 1. The van der Waals surface area contributed by atoms with Crippen LogP contribution >= 0.6 is 11.6 Å². The van der Waals surface area contributed by atoms with Gasteiger partial charge in [0, 0.05) is 40.3 Å². The first-order chi connectivity index (χ1) is 17.4. The molecule has 0 radical (unpaired) electrons. The van der Waals surface area contributed by atoms with Gasteiger partial charge >= 0.3 is 0 Å². The highest BCUT2D eigenvalue weighted by molar-refractivity contribution is 6.46. The summed E-state index contributed by atoms with van der Waals surface area (Å²) < 4.78 is 0. The number of nitro groups is 1. The molecule has 2 heterocycles. The van der Waals surface area contributed by atoms with E-state index in [4.69, 9.17) is 11.6 Å². The molecule has 1 amide bonds. The number of hydrogen-bond acceptors (Lipinski definition) is 5. The minimum atomic E-state index is -1.13. The third kappa shape index (κ3) is 4.01. The van der Waals surface area contributed by atoms with Gasteiger partial charge in [0.2, 0.25) is 0 Å². The van der Waals surface area contributed by atoms with Crippen LogP contribution in [0.15, 0.2) is 84.6 Å². The Hall–Kier alpha value is -4.43. The summed E-state index contributed by atoms with van der Waals surface area (Å²) in [5, 5.41) is 24.4. The number of amides is 1. The van der Waals surface area contributed by atoms with Crippen molar-refractivity contribution in [3.8, 4) is 0 Å². The Morgan fingerprint density at radius 3 is 2.47 bits per heavy atom. The molecule has 0 bridgehead atoms. The fraction of sp³-hybridized carbons (Fsp3) is 0.111. The number of halogens is 1. The van der Waals surface area contributed by atoms with E-state index in [1.807, 2.05) is 30.5 Å². The van der Waals surface area contributed by atoms with Crippen molar-refractivity contribution in [1.82, 2.24) is 9.88 Å². The lowest BCUT2D eigenvalue weighted by Crippen LogP contribution is -2.32. The molecule has 9 heteroatoms. The van der Waals surface area contributed by atoms with Crippen molar-refractivity contribution in [1.29, 1.82) is 0 Å². The fourth-order valence-electron chi connectivity index (χ4n) is 4.66. The van der Waals surface area contributed by atoms with Gasteiger partial charge in [-0.05, 0) is 48.4 Å². The maximum atomic E-state index is 13.2. The number of Topliss-reactive ketones (excluding diaryl/α,β-unsaturated/α-hetero) is 1. The van der Waals surface area contributed by atoms with Gasteiger partial charge in [0.25, 0.3) is 17.4 Å². The van der Waals surface area contributed by atoms with Crippen molar-refractivity contribution in [3.63, 3.8) is 0 Å². The second kappa shape index (κ2) is 9.31. The first-order valence-corrected chi connectivity index (χ1v) is 11.6. The number of benzene rings is 3. The molecule has 4 aromatic rings. The largest absolute Gasteiger partial charge is 0.507 e. The lowest BCUT2D eigenvalue weighted by Gasteiger charge is -2.25. The predicted molar refractivity (Wildman–Crippen MR) is 136 cm³/mol. The molecule has 5 rings (SSSR count). The molecule has 2 N–H and O–H groups in total. The van der Waals surface area contributed by atoms with Crippen LogP contribution in [0.1, 0.15) is 22.7 Å². The van der Waals surface area contributed by atoms with Crippen LogP contribution in [0.5, 0.6) is 0 Å². The number of ketones is 1. The van der Waals surface area contributed by atoms with E-state index in [2.05, 4.69) is 4.98 Å². The second-order valence-electron chi connectivity index (χ2n) is 8.42. The smallest absolute Gasteiger partial charge is 0.295 e. The molecule has 180 valence electrons. The minimum Gasteiger partial charge on any atom is -0.507 e. The van der Waals surface area contributed by atoms with Gasteiger partial charge in [0.15, 0.2) is 0 Å². The van der Waals surface area contributed by atoms with Crippen LogP contribution in [0, 0.1) is 10.1 Å². The number of rotatable bonds is 6. The summed E-state index contributed by atoms with van der Waals surface area (Å²) in [6.07, 6.45) is 2.24. The topological polar surface area (TPSA) is 117 Å². The lowest BCUT2D eigenvalue weighted by atomic mass is 9.94. The first kappa shape index (κ1) is 23.3. The van der Waals surface area contributed by atoms with Crippen molar-refractivity contribution in [2.24, 2.45) is 0 Å². The molecule has 36 heavy (non-hydrogen) atoms. The van der Waals surface area contributed by atoms with E-state index in [-0.39, 0.29) is 28.9 Å². The Labute approximate surface area is 210 Å². The fourth-order valence-corrected chi connectivity index (χ4v) is 4.79. The standard InChI is InChI=1S/C27H20ClN3O5/c28-18-11-9-16(10-12-18)25(32)23-24(20-6-2-4-8-22(20)31(35)36)30(27(34)26(23)33)14-13-17-15-29-21-7-3-1-5-19(17)21/h1-12,15,24,29,32H,13-14H2/t24-/m1/s1. The molecule has 0 saturated carbocycles. The number of fused-ring (bicyclic) bond motifs is 1. The number of likely N-dealkylation sites (tertiary alicyclic amines) is 1. The average Bonchev–Trinajstić information content (AvgIpc) is 3.41. The number of hydrogen-bond donors (Lipinski definition) is 2. The number of carbonyl (C=O) groups is 2. The summed E-state index contributed by atoms with van der Waals surface area (Å²) >= 11 is 5.96. The SMILES string of the molecule is O=C1C(=O)N(CCc2c[nH]c3ccccc23)[C@H](c2ccccc2[N+](=O)[O-])C1=C(O)c1ccc(Cl)cc1. The quantitative estimate of drug-likeness (QED) is 0.121. The molecular formula is C27H20ClN3O5. The molecule has 3 aromatic carbocycles. The van der Waals surface area contributed by atoms with Gasteiger partial charge in [0.1, 0.15) is 5.76 Å². The highest BCUT2D eigenvalue weighted by atomic mass is 35.5. The highest BCUT2D eigenvalue weighted by Crippen LogP contribution is 2.42. The van der Waals surface area contributed by atoms with Crippen molar-refractivity contribution >= 4 is 45.6 Å². The predicted octanol–water partition coefficient (Wildman–Crippen LogP) is 5.39. The Morgan fingerprint density at radius 1 is 1.03 bits per heavy atom.